The maximum absolute atomic E-state index is 11.0. The molecule has 0 radical (unpaired) electrons. The number of non-ortho nitro benzene ring substituents is 1. The van der Waals surface area contributed by atoms with Crippen LogP contribution in [0.3, 0.4) is 0 Å². The highest BCUT2D eigenvalue weighted by Gasteiger charge is 2.25. The third kappa shape index (κ3) is 3.93. The van der Waals surface area contributed by atoms with E-state index in [1.165, 1.54) is 54.3 Å². The fraction of sp³-hybridized carbons (Fsp3) is 0.400. The van der Waals surface area contributed by atoms with Gasteiger partial charge in [0.1, 0.15) is 0 Å². The van der Waals surface area contributed by atoms with Crippen molar-refractivity contribution in [2.45, 2.75) is 25.8 Å². The number of imidazole rings is 1. The molecule has 176 valence electrons. The Morgan fingerprint density at radius 3 is 2.59 bits per heavy atom. The predicted octanol–water partition coefficient (Wildman–Crippen LogP) is 4.18. The van der Waals surface area contributed by atoms with E-state index >= 15 is 0 Å². The summed E-state index contributed by atoms with van der Waals surface area (Å²) < 4.78 is 4.58. The molecule has 4 heterocycles. The number of aryl methyl sites for hydroxylation is 3. The van der Waals surface area contributed by atoms with Gasteiger partial charge in [0.05, 0.1) is 16.3 Å². The molecule has 0 atom stereocenters. The Morgan fingerprint density at radius 1 is 1.03 bits per heavy atom. The SMILES string of the molecule is CN1CCN(CCCn2cc3c(c2)-c2c(sc4nc(-c5ccc([N+](=O)[O-])cc5)cn24)CC3)CC1. The van der Waals surface area contributed by atoms with Gasteiger partial charge in [0.2, 0.25) is 0 Å². The number of nitro groups is 1. The Hall–Kier alpha value is -3.01. The van der Waals surface area contributed by atoms with Crippen LogP contribution in [0.4, 0.5) is 5.69 Å². The topological polar surface area (TPSA) is 71.8 Å². The van der Waals surface area contributed by atoms with E-state index in [9.17, 15) is 10.1 Å². The molecular weight excluding hydrogens is 448 g/mol. The van der Waals surface area contributed by atoms with Crippen LogP contribution in [0.1, 0.15) is 16.9 Å². The molecule has 0 saturated carbocycles. The van der Waals surface area contributed by atoms with Crippen molar-refractivity contribution in [2.24, 2.45) is 0 Å². The van der Waals surface area contributed by atoms with Gasteiger partial charge in [-0.1, -0.05) is 0 Å². The molecule has 0 unspecified atom stereocenters. The molecule has 4 aromatic rings. The normalized spacial score (nSPS) is 16.6. The number of aromatic nitrogens is 3. The Balaban J connectivity index is 1.22. The zero-order chi connectivity index (χ0) is 23.2. The first-order valence-electron chi connectivity index (χ1n) is 11.9. The lowest BCUT2D eigenvalue weighted by Gasteiger charge is -2.32. The van der Waals surface area contributed by atoms with Gasteiger partial charge in [0.25, 0.3) is 5.69 Å². The molecule has 1 aliphatic heterocycles. The van der Waals surface area contributed by atoms with Crippen LogP contribution < -0.4 is 0 Å². The van der Waals surface area contributed by atoms with Gasteiger partial charge in [-0.3, -0.25) is 14.5 Å². The summed E-state index contributed by atoms with van der Waals surface area (Å²) in [6, 6.07) is 6.63. The van der Waals surface area contributed by atoms with Gasteiger partial charge in [0, 0.05) is 79.5 Å². The second kappa shape index (κ2) is 8.65. The molecule has 1 aromatic carbocycles. The van der Waals surface area contributed by atoms with Crippen LogP contribution in [0.2, 0.25) is 0 Å². The first kappa shape index (κ1) is 21.5. The fourth-order valence-electron chi connectivity index (χ4n) is 5.12. The van der Waals surface area contributed by atoms with Crippen molar-refractivity contribution in [3.05, 3.63) is 63.4 Å². The Kier molecular flexibility index (Phi) is 5.47. The second-order valence-corrected chi connectivity index (χ2v) is 10.5. The summed E-state index contributed by atoms with van der Waals surface area (Å²) in [7, 11) is 2.20. The van der Waals surface area contributed by atoms with Crippen molar-refractivity contribution >= 4 is 22.0 Å². The highest BCUT2D eigenvalue weighted by molar-refractivity contribution is 7.17. The van der Waals surface area contributed by atoms with Crippen molar-refractivity contribution in [2.75, 3.05) is 39.8 Å². The molecule has 0 N–H and O–H groups in total. The Bertz CT molecular complexity index is 1340. The minimum Gasteiger partial charge on any atom is -0.353 e. The lowest BCUT2D eigenvalue weighted by atomic mass is 9.98. The third-order valence-electron chi connectivity index (χ3n) is 7.09. The number of hydrogen-bond donors (Lipinski definition) is 0. The van der Waals surface area contributed by atoms with E-state index in [0.29, 0.717) is 0 Å². The van der Waals surface area contributed by atoms with Crippen LogP contribution in [0, 0.1) is 10.1 Å². The summed E-state index contributed by atoms with van der Waals surface area (Å²) in [5, 5.41) is 11.0. The van der Waals surface area contributed by atoms with Crippen LogP contribution >= 0.6 is 11.3 Å². The van der Waals surface area contributed by atoms with E-state index in [4.69, 9.17) is 4.98 Å². The van der Waals surface area contributed by atoms with Crippen LogP contribution in [0.5, 0.6) is 0 Å². The van der Waals surface area contributed by atoms with Crippen molar-refractivity contribution in [3.63, 3.8) is 0 Å². The first-order chi connectivity index (χ1) is 16.5. The quantitative estimate of drug-likeness (QED) is 0.308. The van der Waals surface area contributed by atoms with E-state index in [-0.39, 0.29) is 10.6 Å². The summed E-state index contributed by atoms with van der Waals surface area (Å²) in [6.07, 6.45) is 10.0. The number of fused-ring (bicyclic) bond motifs is 5. The fourth-order valence-corrected chi connectivity index (χ4v) is 6.24. The molecular formula is C25H28N6O2S. The van der Waals surface area contributed by atoms with E-state index < -0.39 is 0 Å². The number of nitrogens with zero attached hydrogens (tertiary/aromatic N) is 6. The van der Waals surface area contributed by atoms with E-state index in [0.717, 1.165) is 42.1 Å². The molecule has 0 spiro atoms. The number of hydrogen-bond acceptors (Lipinski definition) is 6. The standard InChI is InChI=1S/C25H28N6O2S/c1-27-11-13-28(14-12-27)9-2-10-29-15-19-5-8-23-24(21(19)16-29)30-17-22(26-25(30)34-23)18-3-6-20(7-4-18)31(32)33/h3-4,6-7,15-17H,2,5,8-14H2,1H3. The lowest BCUT2D eigenvalue weighted by Crippen LogP contribution is -2.44. The summed E-state index contributed by atoms with van der Waals surface area (Å²) in [4.78, 5) is 22.8. The summed E-state index contributed by atoms with van der Waals surface area (Å²) >= 11 is 1.76. The van der Waals surface area contributed by atoms with Gasteiger partial charge in [-0.2, -0.15) is 0 Å². The number of thiazole rings is 1. The van der Waals surface area contributed by atoms with Crippen molar-refractivity contribution < 1.29 is 4.92 Å². The van der Waals surface area contributed by atoms with Gasteiger partial charge >= 0.3 is 0 Å². The van der Waals surface area contributed by atoms with Gasteiger partial charge in [-0.05, 0) is 50.6 Å². The van der Waals surface area contributed by atoms with Gasteiger partial charge in [-0.15, -0.1) is 11.3 Å². The first-order valence-corrected chi connectivity index (χ1v) is 12.7. The maximum Gasteiger partial charge on any atom is 0.269 e. The molecule has 9 heteroatoms. The predicted molar refractivity (Wildman–Crippen MR) is 135 cm³/mol. The summed E-state index contributed by atoms with van der Waals surface area (Å²) in [5.74, 6) is 0. The highest BCUT2D eigenvalue weighted by Crippen LogP contribution is 2.40. The summed E-state index contributed by atoms with van der Waals surface area (Å²) in [5.41, 5.74) is 5.84. The number of piperazine rings is 1. The minimum atomic E-state index is -0.372. The van der Waals surface area contributed by atoms with E-state index in [1.54, 1.807) is 35.6 Å². The number of likely N-dealkylation sites (N-methyl/N-ethyl adjacent to an activating group) is 1. The molecule has 6 rings (SSSR count). The molecule has 34 heavy (non-hydrogen) atoms. The molecule has 8 nitrogen and oxygen atoms in total. The molecule has 0 bridgehead atoms. The minimum absolute atomic E-state index is 0.0979. The number of rotatable bonds is 6. The average molecular weight is 477 g/mol. The summed E-state index contributed by atoms with van der Waals surface area (Å²) in [6.45, 7) is 6.88. The Labute approximate surface area is 202 Å². The van der Waals surface area contributed by atoms with Crippen LogP contribution in [-0.4, -0.2) is 68.4 Å². The van der Waals surface area contributed by atoms with Gasteiger partial charge < -0.3 is 14.4 Å². The molecule has 0 amide bonds. The zero-order valence-corrected chi connectivity index (χ0v) is 20.1. The zero-order valence-electron chi connectivity index (χ0n) is 19.3. The molecule has 2 aliphatic rings. The third-order valence-corrected chi connectivity index (χ3v) is 8.21. The molecule has 1 saturated heterocycles. The molecule has 1 fully saturated rings. The van der Waals surface area contributed by atoms with Crippen LogP contribution in [0.15, 0.2) is 42.9 Å². The highest BCUT2D eigenvalue weighted by atomic mass is 32.1. The monoisotopic (exact) mass is 476 g/mol. The van der Waals surface area contributed by atoms with Crippen LogP contribution in [-0.2, 0) is 19.4 Å². The molecule has 1 aliphatic carbocycles. The van der Waals surface area contributed by atoms with Crippen molar-refractivity contribution in [1.82, 2.24) is 23.8 Å². The second-order valence-electron chi connectivity index (χ2n) is 9.39. The van der Waals surface area contributed by atoms with Crippen LogP contribution in [0.25, 0.3) is 27.5 Å². The van der Waals surface area contributed by atoms with Gasteiger partial charge in [0.15, 0.2) is 4.96 Å². The number of nitro benzene ring substituents is 1. The molecule has 3 aromatic heterocycles. The average Bonchev–Trinajstić information content (AvgIpc) is 3.52. The smallest absolute Gasteiger partial charge is 0.269 e. The largest absolute Gasteiger partial charge is 0.353 e. The maximum atomic E-state index is 11.0. The number of benzene rings is 1. The Morgan fingerprint density at radius 2 is 1.82 bits per heavy atom. The van der Waals surface area contributed by atoms with E-state index in [1.807, 2.05) is 0 Å². The van der Waals surface area contributed by atoms with Crippen molar-refractivity contribution in [1.29, 1.82) is 0 Å². The van der Waals surface area contributed by atoms with Gasteiger partial charge in [-0.25, -0.2) is 4.98 Å². The van der Waals surface area contributed by atoms with E-state index in [2.05, 4.69) is 44.4 Å². The lowest BCUT2D eigenvalue weighted by molar-refractivity contribution is -0.384. The van der Waals surface area contributed by atoms with Crippen molar-refractivity contribution in [3.8, 4) is 22.5 Å².